The third-order valence-corrected chi connectivity index (χ3v) is 3.18. The molecule has 1 N–H and O–H groups in total. The molecule has 2 rings (SSSR count). The minimum Gasteiger partial charge on any atom is -0.453 e. The topological polar surface area (TPSA) is 50.8 Å². The first-order valence-corrected chi connectivity index (χ1v) is 6.53. The Morgan fingerprint density at radius 1 is 1.32 bits per heavy atom. The van der Waals surface area contributed by atoms with Crippen molar-refractivity contribution in [2.45, 2.75) is 6.42 Å². The van der Waals surface area contributed by atoms with Gasteiger partial charge < -0.3 is 19.7 Å². The number of rotatable bonds is 4. The first-order valence-electron chi connectivity index (χ1n) is 6.53. The van der Waals surface area contributed by atoms with Crippen LogP contribution >= 0.6 is 0 Å². The van der Waals surface area contributed by atoms with E-state index in [1.807, 2.05) is 0 Å². The molecule has 1 aromatic rings. The first-order chi connectivity index (χ1) is 9.29. The molecular weight excluding hydrogens is 244 g/mol. The molecule has 1 fully saturated rings. The van der Waals surface area contributed by atoms with Gasteiger partial charge >= 0.3 is 6.09 Å². The van der Waals surface area contributed by atoms with Gasteiger partial charge in [-0.3, -0.25) is 0 Å². The summed E-state index contributed by atoms with van der Waals surface area (Å²) < 4.78 is 9.86. The van der Waals surface area contributed by atoms with Crippen molar-refractivity contribution in [1.29, 1.82) is 0 Å². The highest BCUT2D eigenvalue weighted by atomic mass is 16.5. The number of ether oxygens (including phenoxy) is 2. The van der Waals surface area contributed by atoms with E-state index in [1.165, 1.54) is 18.4 Å². The summed E-state index contributed by atoms with van der Waals surface area (Å²) in [6.07, 6.45) is 0.420. The van der Waals surface area contributed by atoms with Gasteiger partial charge in [-0.15, -0.1) is 0 Å². The fourth-order valence-corrected chi connectivity index (χ4v) is 2.08. The quantitative estimate of drug-likeness (QED) is 0.893. The van der Waals surface area contributed by atoms with E-state index in [0.29, 0.717) is 6.54 Å². The fraction of sp³-hybridized carbons (Fsp3) is 0.500. The molecule has 0 atom stereocenters. The zero-order valence-electron chi connectivity index (χ0n) is 11.2. The lowest BCUT2D eigenvalue weighted by Gasteiger charge is -2.28. The Bertz CT molecular complexity index is 400. The van der Waals surface area contributed by atoms with Crippen LogP contribution in [0.3, 0.4) is 0 Å². The zero-order valence-corrected chi connectivity index (χ0v) is 11.2. The van der Waals surface area contributed by atoms with Crippen molar-refractivity contribution in [3.05, 3.63) is 29.8 Å². The second-order valence-electron chi connectivity index (χ2n) is 4.43. The Labute approximate surface area is 113 Å². The molecule has 0 bridgehead atoms. The van der Waals surface area contributed by atoms with Crippen LogP contribution in [0.25, 0.3) is 0 Å². The van der Waals surface area contributed by atoms with Crippen molar-refractivity contribution in [3.63, 3.8) is 0 Å². The minimum atomic E-state index is -0.384. The van der Waals surface area contributed by atoms with E-state index in [-0.39, 0.29) is 6.09 Å². The number of nitrogens with zero attached hydrogens (tertiary/aromatic N) is 1. The maximum Gasteiger partial charge on any atom is 0.406 e. The molecule has 1 saturated heterocycles. The van der Waals surface area contributed by atoms with Gasteiger partial charge in [0.05, 0.1) is 20.3 Å². The number of amides is 1. The van der Waals surface area contributed by atoms with Crippen LogP contribution in [-0.2, 0) is 15.9 Å². The van der Waals surface area contributed by atoms with E-state index in [0.717, 1.165) is 32.7 Å². The number of morpholine rings is 1. The Balaban J connectivity index is 1.82. The summed E-state index contributed by atoms with van der Waals surface area (Å²) in [6.45, 7) is 4.08. The van der Waals surface area contributed by atoms with Crippen molar-refractivity contribution in [2.24, 2.45) is 0 Å². The van der Waals surface area contributed by atoms with E-state index in [4.69, 9.17) is 4.74 Å². The van der Waals surface area contributed by atoms with Gasteiger partial charge in [0.1, 0.15) is 0 Å². The molecule has 1 aliphatic heterocycles. The highest BCUT2D eigenvalue weighted by Gasteiger charge is 2.10. The predicted octanol–water partition coefficient (Wildman–Crippen LogP) is 1.42. The highest BCUT2D eigenvalue weighted by molar-refractivity contribution is 5.66. The molecule has 1 aliphatic rings. The zero-order chi connectivity index (χ0) is 13.5. The maximum absolute atomic E-state index is 10.9. The molecule has 5 heteroatoms. The average molecular weight is 264 g/mol. The standard InChI is InChI=1S/C14H20N2O3/c1-18-14(17)15-7-6-12-2-4-13(5-3-12)16-8-10-19-11-9-16/h2-5H,6-11H2,1H3,(H,15,17). The largest absolute Gasteiger partial charge is 0.453 e. The van der Waals surface area contributed by atoms with Crippen molar-refractivity contribution in [3.8, 4) is 0 Å². The van der Waals surface area contributed by atoms with Crippen LogP contribution in [0, 0.1) is 0 Å². The second kappa shape index (κ2) is 6.99. The van der Waals surface area contributed by atoms with Crippen LogP contribution in [-0.4, -0.2) is 46.1 Å². The lowest BCUT2D eigenvalue weighted by Crippen LogP contribution is -2.36. The monoisotopic (exact) mass is 264 g/mol. The molecule has 104 valence electrons. The summed E-state index contributed by atoms with van der Waals surface area (Å²) in [6, 6.07) is 8.45. The molecule has 0 spiro atoms. The number of nitrogens with one attached hydrogen (secondary N) is 1. The molecule has 0 aliphatic carbocycles. The van der Waals surface area contributed by atoms with Crippen LogP contribution in [0.1, 0.15) is 5.56 Å². The van der Waals surface area contributed by atoms with E-state index in [2.05, 4.69) is 39.2 Å². The van der Waals surface area contributed by atoms with Gasteiger partial charge in [0.2, 0.25) is 0 Å². The van der Waals surface area contributed by atoms with Crippen LogP contribution < -0.4 is 10.2 Å². The summed E-state index contributed by atoms with van der Waals surface area (Å²) >= 11 is 0. The molecule has 5 nitrogen and oxygen atoms in total. The fourth-order valence-electron chi connectivity index (χ4n) is 2.08. The Morgan fingerprint density at radius 3 is 2.63 bits per heavy atom. The van der Waals surface area contributed by atoms with Gasteiger partial charge in [-0.2, -0.15) is 0 Å². The number of benzene rings is 1. The summed E-state index contributed by atoms with van der Waals surface area (Å²) in [5, 5.41) is 2.67. The third-order valence-electron chi connectivity index (χ3n) is 3.18. The van der Waals surface area contributed by atoms with Crippen LogP contribution in [0.2, 0.25) is 0 Å². The molecule has 0 saturated carbocycles. The number of hydrogen-bond acceptors (Lipinski definition) is 4. The third kappa shape index (κ3) is 4.13. The molecule has 1 amide bonds. The normalized spacial score (nSPS) is 15.1. The Hall–Kier alpha value is -1.75. The van der Waals surface area contributed by atoms with Gasteiger partial charge in [-0.1, -0.05) is 12.1 Å². The SMILES string of the molecule is COC(=O)NCCc1ccc(N2CCOCC2)cc1. The van der Waals surface area contributed by atoms with Gasteiger partial charge in [0, 0.05) is 25.3 Å². The lowest BCUT2D eigenvalue weighted by atomic mass is 10.1. The average Bonchev–Trinajstić information content (AvgIpc) is 2.48. The van der Waals surface area contributed by atoms with Gasteiger partial charge in [-0.25, -0.2) is 4.79 Å². The number of carbonyl (C=O) groups is 1. The van der Waals surface area contributed by atoms with Crippen molar-refractivity contribution >= 4 is 11.8 Å². The number of methoxy groups -OCH3 is 1. The highest BCUT2D eigenvalue weighted by Crippen LogP contribution is 2.16. The summed E-state index contributed by atoms with van der Waals surface area (Å²) in [4.78, 5) is 13.2. The first kappa shape index (κ1) is 13.7. The molecule has 1 aromatic carbocycles. The van der Waals surface area contributed by atoms with Crippen molar-refractivity contribution in [2.75, 3.05) is 44.9 Å². The van der Waals surface area contributed by atoms with Gasteiger partial charge in [0.15, 0.2) is 0 Å². The lowest BCUT2D eigenvalue weighted by molar-refractivity contribution is 0.122. The summed E-state index contributed by atoms with van der Waals surface area (Å²) in [5.41, 5.74) is 2.43. The van der Waals surface area contributed by atoms with E-state index in [9.17, 15) is 4.79 Å². The summed E-state index contributed by atoms with van der Waals surface area (Å²) in [5.74, 6) is 0. The van der Waals surface area contributed by atoms with Gasteiger partial charge in [-0.05, 0) is 24.1 Å². The van der Waals surface area contributed by atoms with Crippen LogP contribution in [0.15, 0.2) is 24.3 Å². The second-order valence-corrected chi connectivity index (χ2v) is 4.43. The van der Waals surface area contributed by atoms with Gasteiger partial charge in [0.25, 0.3) is 0 Å². The molecule has 1 heterocycles. The number of anilines is 1. The van der Waals surface area contributed by atoms with E-state index in [1.54, 1.807) is 0 Å². The number of hydrogen-bond donors (Lipinski definition) is 1. The number of alkyl carbamates (subject to hydrolysis) is 1. The van der Waals surface area contributed by atoms with Crippen molar-refractivity contribution < 1.29 is 14.3 Å². The summed E-state index contributed by atoms with van der Waals surface area (Å²) in [7, 11) is 1.37. The van der Waals surface area contributed by atoms with E-state index < -0.39 is 0 Å². The number of carbonyl (C=O) groups excluding carboxylic acids is 1. The van der Waals surface area contributed by atoms with E-state index >= 15 is 0 Å². The molecular formula is C14H20N2O3. The van der Waals surface area contributed by atoms with Crippen LogP contribution in [0.5, 0.6) is 0 Å². The maximum atomic E-state index is 10.9. The Kier molecular flexibility index (Phi) is 5.03. The van der Waals surface area contributed by atoms with Crippen LogP contribution in [0.4, 0.5) is 10.5 Å². The molecule has 0 unspecified atom stereocenters. The predicted molar refractivity (Wildman–Crippen MR) is 73.6 cm³/mol. The smallest absolute Gasteiger partial charge is 0.406 e. The van der Waals surface area contributed by atoms with Crippen molar-refractivity contribution in [1.82, 2.24) is 5.32 Å². The molecule has 19 heavy (non-hydrogen) atoms. The molecule has 0 aromatic heterocycles. The minimum absolute atomic E-state index is 0.384. The Morgan fingerprint density at radius 2 is 2.00 bits per heavy atom. The molecule has 0 radical (unpaired) electrons.